The summed E-state index contributed by atoms with van der Waals surface area (Å²) >= 11 is 0. The molecule has 1 atom stereocenters. The van der Waals surface area contributed by atoms with Gasteiger partial charge in [0.1, 0.15) is 5.60 Å². The second kappa shape index (κ2) is 11.5. The van der Waals surface area contributed by atoms with E-state index in [0.717, 1.165) is 25.7 Å². The Bertz CT molecular complexity index is 679. The van der Waals surface area contributed by atoms with Crippen LogP contribution in [0.15, 0.2) is 0 Å². The minimum Gasteiger partial charge on any atom is -0.444 e. The van der Waals surface area contributed by atoms with Crippen molar-refractivity contribution < 1.29 is 23.9 Å². The lowest BCUT2D eigenvalue weighted by Gasteiger charge is -2.36. The van der Waals surface area contributed by atoms with Crippen LogP contribution in [0.4, 0.5) is 9.59 Å². The number of carbonyl (C=O) groups excluding carboxylic acids is 4. The molecule has 0 aromatic heterocycles. The predicted molar refractivity (Wildman–Crippen MR) is 120 cm³/mol. The molecule has 1 saturated heterocycles. The lowest BCUT2D eigenvalue weighted by molar-refractivity contribution is -0.135. The second-order valence-corrected chi connectivity index (χ2v) is 9.74. The molecule has 0 unspecified atom stereocenters. The number of imide groups is 1. The summed E-state index contributed by atoms with van der Waals surface area (Å²) in [4.78, 5) is 54.3. The van der Waals surface area contributed by atoms with Crippen molar-refractivity contribution in [3.05, 3.63) is 0 Å². The maximum absolute atomic E-state index is 12.7. The molecule has 0 aromatic rings. The molecule has 2 rings (SSSR count). The Kier molecular flexibility index (Phi) is 9.30. The summed E-state index contributed by atoms with van der Waals surface area (Å²) in [6.07, 6.45) is 4.86. The molecule has 10 heteroatoms. The van der Waals surface area contributed by atoms with Gasteiger partial charge in [-0.3, -0.25) is 19.8 Å². The normalized spacial score (nSPS) is 18.8. The van der Waals surface area contributed by atoms with E-state index in [1.165, 1.54) is 6.42 Å². The molecule has 1 saturated carbocycles. The van der Waals surface area contributed by atoms with Gasteiger partial charge in [-0.15, -0.1) is 0 Å². The van der Waals surface area contributed by atoms with Crippen molar-refractivity contribution in [2.45, 2.75) is 77.5 Å². The largest absolute Gasteiger partial charge is 0.444 e. The predicted octanol–water partition coefficient (Wildman–Crippen LogP) is 1.54. The van der Waals surface area contributed by atoms with Gasteiger partial charge in [0.05, 0.1) is 12.6 Å². The molecule has 0 radical (unpaired) electrons. The van der Waals surface area contributed by atoms with Crippen LogP contribution in [0.2, 0.25) is 0 Å². The zero-order valence-corrected chi connectivity index (χ0v) is 20.1. The SMILES string of the molecule is C[C@@H](C(=O)NC(=O)NC1CCCCC1)N(C)CC(=O)N1CCN(C(=O)OC(C)(C)C)CC1. The minimum atomic E-state index is -0.640. The summed E-state index contributed by atoms with van der Waals surface area (Å²) < 4.78 is 5.37. The lowest BCUT2D eigenvalue weighted by Crippen LogP contribution is -2.55. The van der Waals surface area contributed by atoms with Crippen LogP contribution in [-0.4, -0.2) is 96.1 Å². The number of nitrogens with zero attached hydrogens (tertiary/aromatic N) is 3. The van der Waals surface area contributed by atoms with Crippen molar-refractivity contribution in [2.24, 2.45) is 0 Å². The standard InChI is InChI=1S/C22H39N5O5/c1-16(19(29)24-20(30)23-17-9-7-6-8-10-17)25(5)15-18(28)26-11-13-27(14-12-26)21(31)32-22(2,3)4/h16-17H,6-15H2,1-5H3,(H2,23,24,29,30)/t16-/m0/s1. The highest BCUT2D eigenvalue weighted by Gasteiger charge is 2.29. The van der Waals surface area contributed by atoms with Crippen LogP contribution < -0.4 is 10.6 Å². The van der Waals surface area contributed by atoms with E-state index in [9.17, 15) is 19.2 Å². The van der Waals surface area contributed by atoms with Gasteiger partial charge < -0.3 is 19.9 Å². The Morgan fingerprint density at radius 2 is 1.56 bits per heavy atom. The van der Waals surface area contributed by atoms with Gasteiger partial charge in [0.2, 0.25) is 11.8 Å². The number of ether oxygens (including phenoxy) is 1. The number of urea groups is 1. The van der Waals surface area contributed by atoms with E-state index in [1.807, 2.05) is 20.8 Å². The highest BCUT2D eigenvalue weighted by Crippen LogP contribution is 2.17. The topological polar surface area (TPSA) is 111 Å². The molecule has 1 heterocycles. The molecule has 1 aliphatic carbocycles. The number of nitrogens with one attached hydrogen (secondary N) is 2. The summed E-state index contributed by atoms with van der Waals surface area (Å²) in [5.74, 6) is -0.564. The van der Waals surface area contributed by atoms with Gasteiger partial charge >= 0.3 is 12.1 Å². The van der Waals surface area contributed by atoms with Crippen molar-refractivity contribution in [2.75, 3.05) is 39.8 Å². The molecule has 0 bridgehead atoms. The van der Waals surface area contributed by atoms with E-state index in [1.54, 1.807) is 28.7 Å². The number of piperazine rings is 1. The first-order valence-corrected chi connectivity index (χ1v) is 11.5. The Morgan fingerprint density at radius 1 is 1.00 bits per heavy atom. The molecule has 0 spiro atoms. The van der Waals surface area contributed by atoms with E-state index >= 15 is 0 Å². The summed E-state index contributed by atoms with van der Waals surface area (Å²) in [6.45, 7) is 8.80. The van der Waals surface area contributed by atoms with Gasteiger partial charge in [-0.25, -0.2) is 9.59 Å². The smallest absolute Gasteiger partial charge is 0.410 e. The average molecular weight is 454 g/mol. The van der Waals surface area contributed by atoms with Crippen LogP contribution in [0, 0.1) is 0 Å². The Morgan fingerprint density at radius 3 is 2.12 bits per heavy atom. The monoisotopic (exact) mass is 453 g/mol. The molecule has 32 heavy (non-hydrogen) atoms. The Labute approximate surface area is 191 Å². The molecular formula is C22H39N5O5. The average Bonchev–Trinajstić information content (AvgIpc) is 2.72. The van der Waals surface area contributed by atoms with Gasteiger partial charge in [0, 0.05) is 32.2 Å². The van der Waals surface area contributed by atoms with Crippen LogP contribution in [0.25, 0.3) is 0 Å². The summed E-state index contributed by atoms with van der Waals surface area (Å²) in [7, 11) is 1.68. The van der Waals surface area contributed by atoms with Gasteiger partial charge in [-0.1, -0.05) is 19.3 Å². The van der Waals surface area contributed by atoms with Crippen LogP contribution in [0.1, 0.15) is 59.8 Å². The second-order valence-electron chi connectivity index (χ2n) is 9.74. The summed E-state index contributed by atoms with van der Waals surface area (Å²) in [5.41, 5.74) is -0.559. The Hall–Kier alpha value is -2.36. The maximum atomic E-state index is 12.7. The van der Waals surface area contributed by atoms with E-state index in [0.29, 0.717) is 26.2 Å². The third-order valence-electron chi connectivity index (χ3n) is 5.89. The first-order chi connectivity index (χ1) is 15.0. The zero-order chi connectivity index (χ0) is 23.9. The Balaban J connectivity index is 1.73. The molecule has 2 aliphatic rings. The number of hydrogen-bond donors (Lipinski definition) is 2. The number of carbonyl (C=O) groups is 4. The highest BCUT2D eigenvalue weighted by molar-refractivity contribution is 5.97. The van der Waals surface area contributed by atoms with E-state index < -0.39 is 23.6 Å². The van der Waals surface area contributed by atoms with Gasteiger partial charge in [-0.2, -0.15) is 0 Å². The molecular weight excluding hydrogens is 414 g/mol. The molecule has 0 aromatic carbocycles. The fraction of sp³-hybridized carbons (Fsp3) is 0.818. The summed E-state index contributed by atoms with van der Waals surface area (Å²) in [5, 5.41) is 5.24. The van der Waals surface area contributed by atoms with Crippen molar-refractivity contribution in [3.63, 3.8) is 0 Å². The van der Waals surface area contributed by atoms with Crippen LogP contribution in [0.3, 0.4) is 0 Å². The van der Waals surface area contributed by atoms with Crippen LogP contribution in [-0.2, 0) is 14.3 Å². The number of hydrogen-bond acceptors (Lipinski definition) is 6. The molecule has 2 N–H and O–H groups in total. The first-order valence-electron chi connectivity index (χ1n) is 11.5. The molecule has 182 valence electrons. The van der Waals surface area contributed by atoms with Crippen molar-refractivity contribution >= 4 is 23.9 Å². The molecule has 1 aliphatic heterocycles. The number of rotatable bonds is 5. The van der Waals surface area contributed by atoms with Gasteiger partial charge in [0.25, 0.3) is 0 Å². The fourth-order valence-corrected chi connectivity index (χ4v) is 3.80. The molecule has 2 fully saturated rings. The van der Waals surface area contributed by atoms with Crippen LogP contribution in [0.5, 0.6) is 0 Å². The highest BCUT2D eigenvalue weighted by atomic mass is 16.6. The first kappa shape index (κ1) is 25.9. The third-order valence-corrected chi connectivity index (χ3v) is 5.89. The number of amides is 5. The van der Waals surface area contributed by atoms with E-state index in [-0.39, 0.29) is 24.6 Å². The minimum absolute atomic E-state index is 0.0469. The van der Waals surface area contributed by atoms with Crippen molar-refractivity contribution in [3.8, 4) is 0 Å². The number of likely N-dealkylation sites (N-methyl/N-ethyl adjacent to an activating group) is 1. The fourth-order valence-electron chi connectivity index (χ4n) is 3.80. The third kappa shape index (κ3) is 8.29. The maximum Gasteiger partial charge on any atom is 0.410 e. The van der Waals surface area contributed by atoms with Crippen molar-refractivity contribution in [1.29, 1.82) is 0 Å². The quantitative estimate of drug-likeness (QED) is 0.653. The molecule has 5 amide bonds. The van der Waals surface area contributed by atoms with Gasteiger partial charge in [-0.05, 0) is 47.6 Å². The van der Waals surface area contributed by atoms with Crippen molar-refractivity contribution in [1.82, 2.24) is 25.3 Å². The lowest BCUT2D eigenvalue weighted by atomic mass is 9.96. The van der Waals surface area contributed by atoms with Gasteiger partial charge in [0.15, 0.2) is 0 Å². The van der Waals surface area contributed by atoms with Crippen LogP contribution >= 0.6 is 0 Å². The molecule has 10 nitrogen and oxygen atoms in total. The van der Waals surface area contributed by atoms with E-state index in [2.05, 4.69) is 10.6 Å². The zero-order valence-electron chi connectivity index (χ0n) is 20.1. The van der Waals surface area contributed by atoms with E-state index in [4.69, 9.17) is 4.74 Å². The summed E-state index contributed by atoms with van der Waals surface area (Å²) in [6, 6.07) is -1.00.